The van der Waals surface area contributed by atoms with E-state index in [9.17, 15) is 0 Å². The molecule has 0 unspecified atom stereocenters. The van der Waals surface area contributed by atoms with Crippen molar-refractivity contribution in [3.05, 3.63) is 11.6 Å². The molecule has 0 heterocycles. The van der Waals surface area contributed by atoms with Crippen LogP contribution in [-0.2, 0) is 4.74 Å². The Bertz CT molecular complexity index is 620. The van der Waals surface area contributed by atoms with E-state index in [0.717, 1.165) is 42.1 Å². The lowest BCUT2D eigenvalue weighted by Gasteiger charge is -2.58. The maximum absolute atomic E-state index is 6.04. The molecule has 0 amide bonds. The number of hydrogen-bond donors (Lipinski definition) is 0. The minimum absolute atomic E-state index is 0.471. The van der Waals surface area contributed by atoms with Crippen molar-refractivity contribution >= 4 is 0 Å². The molecule has 0 saturated heterocycles. The summed E-state index contributed by atoms with van der Waals surface area (Å²) in [4.78, 5) is 0. The normalized spacial score (nSPS) is 44.2. The first-order valence-corrected chi connectivity index (χ1v) is 13.6. The Labute approximate surface area is 187 Å². The first-order valence-electron chi connectivity index (χ1n) is 13.6. The number of fused-ring (bicyclic) bond motifs is 5. The van der Waals surface area contributed by atoms with E-state index < -0.39 is 0 Å². The molecule has 3 saturated carbocycles. The molecule has 172 valence electrons. The van der Waals surface area contributed by atoms with Crippen LogP contribution in [0.15, 0.2) is 11.6 Å². The van der Waals surface area contributed by atoms with Crippen molar-refractivity contribution in [2.24, 2.45) is 46.3 Å². The van der Waals surface area contributed by atoms with Gasteiger partial charge in [-0.05, 0) is 105 Å². The molecule has 0 aromatic rings. The van der Waals surface area contributed by atoms with Crippen LogP contribution in [-0.4, -0.2) is 12.7 Å². The summed E-state index contributed by atoms with van der Waals surface area (Å²) in [5, 5.41) is 0. The molecule has 0 N–H and O–H groups in total. The van der Waals surface area contributed by atoms with E-state index in [2.05, 4.69) is 47.6 Å². The Morgan fingerprint density at radius 1 is 1.00 bits per heavy atom. The van der Waals surface area contributed by atoms with Crippen molar-refractivity contribution in [1.29, 1.82) is 0 Å². The van der Waals surface area contributed by atoms with Gasteiger partial charge in [-0.1, -0.05) is 65.5 Å². The Morgan fingerprint density at radius 2 is 1.80 bits per heavy atom. The third-order valence-corrected chi connectivity index (χ3v) is 10.7. The molecule has 4 aliphatic carbocycles. The van der Waals surface area contributed by atoms with Crippen molar-refractivity contribution in [2.45, 2.75) is 118 Å². The number of hydrogen-bond acceptors (Lipinski definition) is 1. The first-order chi connectivity index (χ1) is 14.3. The van der Waals surface area contributed by atoms with Gasteiger partial charge in [0, 0.05) is 6.61 Å². The predicted octanol–water partition coefficient (Wildman–Crippen LogP) is 8.43. The standard InChI is InChI=1S/C29H50O/c1-7-30-23-15-17-28(5)22(19-23)11-12-24-26-14-13-25(21(4)10-8-9-20(2)3)29(26,6)18-16-27(24)28/h11,20-21,23-27H,7-10,12-19H2,1-6H3/t21-,23+,24+,25-,26+,27+,28+,29-/m1/s1. The van der Waals surface area contributed by atoms with Gasteiger partial charge in [0.1, 0.15) is 0 Å². The van der Waals surface area contributed by atoms with Crippen LogP contribution < -0.4 is 0 Å². The molecular formula is C29H50O. The van der Waals surface area contributed by atoms with Crippen LogP contribution in [0.2, 0.25) is 0 Å². The van der Waals surface area contributed by atoms with Gasteiger partial charge in [-0.25, -0.2) is 0 Å². The molecule has 4 rings (SSSR count). The minimum Gasteiger partial charge on any atom is -0.378 e. The van der Waals surface area contributed by atoms with Crippen LogP contribution in [0.25, 0.3) is 0 Å². The van der Waals surface area contributed by atoms with E-state index in [1.807, 2.05) is 0 Å². The highest BCUT2D eigenvalue weighted by Gasteiger charge is 2.59. The Hall–Kier alpha value is -0.300. The molecule has 1 heteroatoms. The van der Waals surface area contributed by atoms with Gasteiger partial charge in [0.25, 0.3) is 0 Å². The fourth-order valence-corrected chi connectivity index (χ4v) is 9.03. The first kappa shape index (κ1) is 22.9. The highest BCUT2D eigenvalue weighted by molar-refractivity contribution is 5.25. The van der Waals surface area contributed by atoms with E-state index >= 15 is 0 Å². The lowest BCUT2D eigenvalue weighted by molar-refractivity contribution is -0.0630. The molecule has 4 aliphatic rings. The molecular weight excluding hydrogens is 364 g/mol. The quantitative estimate of drug-likeness (QED) is 0.380. The molecule has 1 nitrogen and oxygen atoms in total. The van der Waals surface area contributed by atoms with Crippen molar-refractivity contribution in [1.82, 2.24) is 0 Å². The summed E-state index contributed by atoms with van der Waals surface area (Å²) in [6, 6.07) is 0. The molecule has 30 heavy (non-hydrogen) atoms. The maximum Gasteiger partial charge on any atom is 0.0612 e. The Kier molecular flexibility index (Phi) is 6.80. The van der Waals surface area contributed by atoms with Crippen LogP contribution in [0.3, 0.4) is 0 Å². The van der Waals surface area contributed by atoms with Gasteiger partial charge in [0.2, 0.25) is 0 Å². The summed E-state index contributed by atoms with van der Waals surface area (Å²) in [5.74, 6) is 5.63. The third kappa shape index (κ3) is 3.95. The molecule has 3 fully saturated rings. The van der Waals surface area contributed by atoms with Gasteiger partial charge in [0.15, 0.2) is 0 Å². The van der Waals surface area contributed by atoms with Gasteiger partial charge in [-0.3, -0.25) is 0 Å². The predicted molar refractivity (Wildman–Crippen MR) is 128 cm³/mol. The second-order valence-corrected chi connectivity index (χ2v) is 12.6. The molecule has 8 atom stereocenters. The van der Waals surface area contributed by atoms with Crippen LogP contribution >= 0.6 is 0 Å². The Balaban J connectivity index is 1.47. The van der Waals surface area contributed by atoms with Gasteiger partial charge >= 0.3 is 0 Å². The lowest BCUT2D eigenvalue weighted by Crippen LogP contribution is -2.51. The number of ether oxygens (including phenoxy) is 1. The summed E-state index contributed by atoms with van der Waals surface area (Å²) in [7, 11) is 0. The van der Waals surface area contributed by atoms with Crippen molar-refractivity contribution < 1.29 is 4.74 Å². The van der Waals surface area contributed by atoms with Crippen LogP contribution in [0.5, 0.6) is 0 Å². The van der Waals surface area contributed by atoms with Crippen LogP contribution in [0, 0.1) is 46.3 Å². The average molecular weight is 415 g/mol. The SMILES string of the molecule is CCO[C@H]1CC[C@@]2(C)C(=CC[C@H]3[C@@H]4CC[C@H]([C@H](C)CCCC(C)C)[C@@]4(C)CC[C@@H]32)C1. The highest BCUT2D eigenvalue weighted by Crippen LogP contribution is 2.67. The zero-order chi connectivity index (χ0) is 21.5. The Morgan fingerprint density at radius 3 is 2.53 bits per heavy atom. The highest BCUT2D eigenvalue weighted by atomic mass is 16.5. The maximum atomic E-state index is 6.04. The summed E-state index contributed by atoms with van der Waals surface area (Å²) < 4.78 is 6.04. The molecule has 0 spiro atoms. The van der Waals surface area contributed by atoms with E-state index in [0.29, 0.717) is 16.9 Å². The van der Waals surface area contributed by atoms with E-state index in [-0.39, 0.29) is 0 Å². The zero-order valence-electron chi connectivity index (χ0n) is 21.0. The topological polar surface area (TPSA) is 9.23 Å². The molecule has 0 bridgehead atoms. The lowest BCUT2D eigenvalue weighted by atomic mass is 9.47. The van der Waals surface area contributed by atoms with Gasteiger partial charge in [0.05, 0.1) is 6.10 Å². The second-order valence-electron chi connectivity index (χ2n) is 12.6. The van der Waals surface area contributed by atoms with Crippen molar-refractivity contribution in [3.63, 3.8) is 0 Å². The van der Waals surface area contributed by atoms with Crippen molar-refractivity contribution in [3.8, 4) is 0 Å². The monoisotopic (exact) mass is 414 g/mol. The second kappa shape index (κ2) is 8.92. The summed E-state index contributed by atoms with van der Waals surface area (Å²) in [5.41, 5.74) is 2.86. The zero-order valence-corrected chi connectivity index (χ0v) is 21.0. The minimum atomic E-state index is 0.471. The van der Waals surface area contributed by atoms with Crippen LogP contribution in [0.1, 0.15) is 112 Å². The molecule has 0 aliphatic heterocycles. The summed E-state index contributed by atoms with van der Waals surface area (Å²) >= 11 is 0. The smallest absolute Gasteiger partial charge is 0.0612 e. The van der Waals surface area contributed by atoms with E-state index in [1.54, 1.807) is 5.57 Å². The average Bonchev–Trinajstić information content (AvgIpc) is 3.05. The molecule has 0 aromatic heterocycles. The largest absolute Gasteiger partial charge is 0.378 e. The third-order valence-electron chi connectivity index (χ3n) is 10.7. The molecule has 0 radical (unpaired) electrons. The van der Waals surface area contributed by atoms with Gasteiger partial charge < -0.3 is 4.74 Å². The fourth-order valence-electron chi connectivity index (χ4n) is 9.03. The van der Waals surface area contributed by atoms with Gasteiger partial charge in [-0.2, -0.15) is 0 Å². The number of rotatable bonds is 7. The van der Waals surface area contributed by atoms with E-state index in [1.165, 1.54) is 70.6 Å². The summed E-state index contributed by atoms with van der Waals surface area (Å²) in [6.45, 7) is 15.7. The summed E-state index contributed by atoms with van der Waals surface area (Å²) in [6.07, 6.45) is 18.7. The fraction of sp³-hybridized carbons (Fsp3) is 0.931. The van der Waals surface area contributed by atoms with Crippen molar-refractivity contribution in [2.75, 3.05) is 6.61 Å². The molecule has 0 aromatic carbocycles. The van der Waals surface area contributed by atoms with Crippen LogP contribution in [0.4, 0.5) is 0 Å². The van der Waals surface area contributed by atoms with Gasteiger partial charge in [-0.15, -0.1) is 0 Å². The van der Waals surface area contributed by atoms with E-state index in [4.69, 9.17) is 4.74 Å². The number of allylic oxidation sites excluding steroid dienone is 1.